The summed E-state index contributed by atoms with van der Waals surface area (Å²) < 4.78 is 65.5. The van der Waals surface area contributed by atoms with Gasteiger partial charge in [-0.05, 0) is 47.9 Å². The molecule has 43 heavy (non-hydrogen) atoms. The summed E-state index contributed by atoms with van der Waals surface area (Å²) >= 11 is 0. The molecule has 0 saturated carbocycles. The van der Waals surface area contributed by atoms with Crippen LogP contribution in [0.15, 0.2) is 84.2 Å². The standard InChI is InChI=1S/C22H16N6O11S2.2Na/c23-14-7-11(1-3-17(14)28(32)33)24-27-21-18(29)4-2-15(22(21)31)25-26-16-8-12(40(34,35)36)5-10-6-13(41(37,38)39)9-19(30)20(10)16;;/h1-9,24,26,30H,23H2,(H,34,35,36)(H,37,38,39);;. The smallest absolute Gasteiger partial charge is 0.294 e. The molecule has 0 unspecified atom stereocenters. The molecule has 0 aliphatic carbocycles. The molecule has 0 heterocycles. The van der Waals surface area contributed by atoms with Crippen molar-refractivity contribution in [3.63, 3.8) is 0 Å². The summed E-state index contributed by atoms with van der Waals surface area (Å²) in [4.78, 5) is 33.8. The summed E-state index contributed by atoms with van der Waals surface area (Å²) in [6.45, 7) is 0. The van der Waals surface area contributed by atoms with Crippen molar-refractivity contribution in [2.45, 2.75) is 9.79 Å². The molecule has 7 N–H and O–H groups in total. The maximum absolute atomic E-state index is 12.9. The van der Waals surface area contributed by atoms with Gasteiger partial charge in [-0.25, -0.2) is 0 Å². The van der Waals surface area contributed by atoms with Crippen LogP contribution in [0.5, 0.6) is 5.75 Å². The number of nitrogens with two attached hydrogens (primary N) is 1. The maximum Gasteiger partial charge on any atom is 0.294 e. The number of hydrogen-bond donors (Lipinski definition) is 6. The van der Waals surface area contributed by atoms with Gasteiger partial charge in [0, 0.05) is 76.6 Å². The fourth-order valence-corrected chi connectivity index (χ4v) is 4.67. The van der Waals surface area contributed by atoms with Gasteiger partial charge in [0.25, 0.3) is 25.9 Å². The van der Waals surface area contributed by atoms with E-state index in [0.29, 0.717) is 6.07 Å². The van der Waals surface area contributed by atoms with E-state index >= 15 is 0 Å². The fraction of sp³-hybridized carbons (Fsp3) is 0. The van der Waals surface area contributed by atoms with E-state index < -0.39 is 62.3 Å². The van der Waals surface area contributed by atoms with E-state index in [1.165, 1.54) is 6.07 Å². The normalized spacial score (nSPS) is 12.3. The zero-order chi connectivity index (χ0) is 30.3. The summed E-state index contributed by atoms with van der Waals surface area (Å²) in [5.41, 5.74) is 7.69. The topological polar surface area (TPSA) is 281 Å². The van der Waals surface area contributed by atoms with Crippen LogP contribution in [-0.2, 0) is 20.2 Å². The first-order valence-corrected chi connectivity index (χ1v) is 13.7. The van der Waals surface area contributed by atoms with Crippen LogP contribution in [0.1, 0.15) is 0 Å². The van der Waals surface area contributed by atoms with Crippen LogP contribution in [-0.4, -0.2) is 95.1 Å². The van der Waals surface area contributed by atoms with Crippen LogP contribution in [0.4, 0.5) is 22.7 Å². The van der Waals surface area contributed by atoms with Gasteiger partial charge in [-0.15, -0.1) is 0 Å². The second-order valence-electron chi connectivity index (χ2n) is 8.20. The molecule has 0 aliphatic heterocycles. The molecule has 0 spiro atoms. The Balaban J connectivity index is 0.00000323. The van der Waals surface area contributed by atoms with E-state index in [4.69, 9.17) is 5.73 Å². The van der Waals surface area contributed by atoms with Crippen LogP contribution in [0.3, 0.4) is 0 Å². The molecule has 17 nitrogen and oxygen atoms in total. The van der Waals surface area contributed by atoms with Gasteiger partial charge < -0.3 is 10.8 Å². The zero-order valence-electron chi connectivity index (χ0n) is 22.0. The Hall–Kier alpha value is -3.24. The average Bonchev–Trinajstić information content (AvgIpc) is 2.86. The molecular weight excluding hydrogens is 634 g/mol. The van der Waals surface area contributed by atoms with Crippen LogP contribution in [0, 0.1) is 10.1 Å². The number of anilines is 3. The minimum absolute atomic E-state index is 0. The number of nitro benzene ring substituents is 1. The SMILES string of the molecule is Nc1cc(NN=c2c(=O)ccc(=NNc3cc(S(=O)(=O)O)cc4cc(S(=O)(=O)O)cc(O)c34)c2=O)ccc1[N+](=O)[O-].[Na].[Na]. The van der Waals surface area contributed by atoms with Gasteiger partial charge in [-0.2, -0.15) is 27.0 Å². The third-order valence-corrected chi connectivity index (χ3v) is 7.13. The molecule has 4 aromatic rings. The van der Waals surface area contributed by atoms with Crippen molar-refractivity contribution >= 4 is 113 Å². The van der Waals surface area contributed by atoms with Crippen molar-refractivity contribution < 1.29 is 36.0 Å². The van der Waals surface area contributed by atoms with E-state index in [-0.39, 0.29) is 92.6 Å². The van der Waals surface area contributed by atoms with E-state index in [1.54, 1.807) is 0 Å². The van der Waals surface area contributed by atoms with Crippen molar-refractivity contribution in [2.24, 2.45) is 10.2 Å². The van der Waals surface area contributed by atoms with Crippen molar-refractivity contribution in [1.82, 2.24) is 0 Å². The van der Waals surface area contributed by atoms with Gasteiger partial charge in [0.15, 0.2) is 5.36 Å². The predicted molar refractivity (Wildman–Crippen MR) is 154 cm³/mol. The third-order valence-electron chi connectivity index (χ3n) is 5.46. The molecule has 214 valence electrons. The number of nitrogens with zero attached hydrogens (tertiary/aromatic N) is 3. The number of aromatic hydroxyl groups is 1. The number of phenols is 1. The van der Waals surface area contributed by atoms with Gasteiger partial charge >= 0.3 is 0 Å². The van der Waals surface area contributed by atoms with Crippen LogP contribution in [0.25, 0.3) is 10.8 Å². The number of rotatable bonds is 7. The Kier molecular flexibility index (Phi) is 11.4. The number of nitro groups is 1. The summed E-state index contributed by atoms with van der Waals surface area (Å²) in [5.74, 6) is -0.741. The summed E-state index contributed by atoms with van der Waals surface area (Å²) in [5, 5.41) is 27.3. The molecule has 21 heteroatoms. The molecular formula is C22H16N6Na2O11S2. The molecule has 2 radical (unpaired) electrons. The summed E-state index contributed by atoms with van der Waals surface area (Å²) in [6.07, 6.45) is 0. The molecule has 0 fully saturated rings. The van der Waals surface area contributed by atoms with Gasteiger partial charge in [0.1, 0.15) is 16.8 Å². The van der Waals surface area contributed by atoms with E-state index in [0.717, 1.165) is 42.5 Å². The Labute approximate surface area is 284 Å². The first-order valence-electron chi connectivity index (χ1n) is 10.8. The predicted octanol–water partition coefficient (Wildman–Crippen LogP) is -0.781. The molecule has 0 aromatic heterocycles. The molecule has 0 atom stereocenters. The van der Waals surface area contributed by atoms with Crippen molar-refractivity contribution in [1.29, 1.82) is 0 Å². The van der Waals surface area contributed by atoms with Crippen LogP contribution in [0.2, 0.25) is 0 Å². The number of phenolic OH excluding ortho intramolecular Hbond substituents is 1. The largest absolute Gasteiger partial charge is 0.507 e. The molecule has 4 rings (SSSR count). The quantitative estimate of drug-likeness (QED) is 0.0471. The van der Waals surface area contributed by atoms with Crippen LogP contribution >= 0.6 is 0 Å². The van der Waals surface area contributed by atoms with Gasteiger partial charge in [-0.3, -0.25) is 39.7 Å². The van der Waals surface area contributed by atoms with E-state index in [9.17, 15) is 50.8 Å². The number of benzene rings is 4. The molecule has 0 saturated heterocycles. The Morgan fingerprint density at radius 2 is 1.44 bits per heavy atom. The van der Waals surface area contributed by atoms with E-state index in [2.05, 4.69) is 21.1 Å². The van der Waals surface area contributed by atoms with Crippen molar-refractivity contribution in [3.8, 4) is 5.75 Å². The zero-order valence-corrected chi connectivity index (χ0v) is 27.7. The minimum Gasteiger partial charge on any atom is -0.507 e. The second kappa shape index (κ2) is 13.6. The fourth-order valence-electron chi connectivity index (χ4n) is 3.59. The monoisotopic (exact) mass is 650 g/mol. The Morgan fingerprint density at radius 3 is 2.00 bits per heavy atom. The summed E-state index contributed by atoms with van der Waals surface area (Å²) in [7, 11) is -9.70. The maximum atomic E-state index is 12.9. The Morgan fingerprint density at radius 1 is 0.837 bits per heavy atom. The van der Waals surface area contributed by atoms with Crippen LogP contribution < -0.4 is 38.2 Å². The second-order valence-corrected chi connectivity index (χ2v) is 11.0. The average molecular weight is 651 g/mol. The number of nitrogens with one attached hydrogen (secondary N) is 2. The number of fused-ring (bicyclic) bond motifs is 1. The van der Waals surface area contributed by atoms with Crippen molar-refractivity contribution in [2.75, 3.05) is 16.6 Å². The van der Waals surface area contributed by atoms with Crippen molar-refractivity contribution in [3.05, 3.63) is 95.9 Å². The number of nitrogen functional groups attached to an aromatic ring is 1. The third kappa shape index (κ3) is 8.03. The Bertz CT molecular complexity index is 2220. The first-order chi connectivity index (χ1) is 19.1. The van der Waals surface area contributed by atoms with Gasteiger partial charge in [0.05, 0.1) is 26.1 Å². The molecule has 0 aliphatic rings. The van der Waals surface area contributed by atoms with E-state index in [1.807, 2.05) is 0 Å². The summed E-state index contributed by atoms with van der Waals surface area (Å²) in [6, 6.07) is 8.56. The molecule has 4 aromatic carbocycles. The number of hydrogen-bond acceptors (Lipinski definition) is 14. The minimum atomic E-state index is -4.87. The molecule has 0 amide bonds. The van der Waals surface area contributed by atoms with Gasteiger partial charge in [-0.1, -0.05) is 0 Å². The molecule has 0 bridgehead atoms. The first kappa shape index (κ1) is 36.0. The van der Waals surface area contributed by atoms with Gasteiger partial charge in [0.2, 0.25) is 10.9 Å².